The smallest absolute Gasteiger partial charge is 0.324 e. The van der Waals surface area contributed by atoms with Gasteiger partial charge in [-0.1, -0.05) is 19.4 Å². The molecule has 0 aliphatic heterocycles. The second kappa shape index (κ2) is 6.21. The van der Waals surface area contributed by atoms with E-state index in [9.17, 15) is 17.6 Å². The van der Waals surface area contributed by atoms with Crippen LogP contribution < -0.4 is 5.73 Å². The molecule has 0 heterocycles. The van der Waals surface area contributed by atoms with Crippen LogP contribution in [0.1, 0.15) is 36.9 Å². The molecule has 0 aliphatic carbocycles. The molecule has 17 heavy (non-hydrogen) atoms. The van der Waals surface area contributed by atoms with Crippen LogP contribution in [0.4, 0.5) is 17.6 Å². The molecule has 1 nitrogen and oxygen atoms in total. The van der Waals surface area contributed by atoms with Crippen LogP contribution in [-0.2, 0) is 6.18 Å². The minimum absolute atomic E-state index is 0. The average Bonchev–Trinajstić information content (AvgIpc) is 2.16. The van der Waals surface area contributed by atoms with E-state index in [4.69, 9.17) is 5.73 Å². The van der Waals surface area contributed by atoms with Gasteiger partial charge in [0.05, 0.1) is 5.56 Å². The van der Waals surface area contributed by atoms with E-state index < -0.39 is 23.6 Å². The molecule has 6 heteroatoms. The summed E-state index contributed by atoms with van der Waals surface area (Å²) in [7, 11) is 0. The molecule has 0 aliphatic rings. The average molecular weight is 272 g/mol. The standard InChI is InChI=1S/C11H13F4N.ClH/c1-2-3-10(16)8-5-4-7(6-9(8)12)11(13,14)15;/h4-6,10H,2-3,16H2,1H3;1H/t10-;/m1./s1. The first-order valence-corrected chi connectivity index (χ1v) is 4.98. The van der Waals surface area contributed by atoms with Crippen molar-refractivity contribution >= 4 is 12.4 Å². The zero-order valence-electron chi connectivity index (χ0n) is 9.22. The van der Waals surface area contributed by atoms with Crippen molar-refractivity contribution in [2.24, 2.45) is 5.73 Å². The van der Waals surface area contributed by atoms with Crippen molar-refractivity contribution in [1.29, 1.82) is 0 Å². The van der Waals surface area contributed by atoms with Gasteiger partial charge in [-0.05, 0) is 18.6 Å². The Morgan fingerprint density at radius 1 is 1.29 bits per heavy atom. The maximum absolute atomic E-state index is 13.4. The van der Waals surface area contributed by atoms with Crippen LogP contribution >= 0.6 is 12.4 Å². The fraction of sp³-hybridized carbons (Fsp3) is 0.455. The van der Waals surface area contributed by atoms with Crippen molar-refractivity contribution in [2.75, 3.05) is 0 Å². The van der Waals surface area contributed by atoms with E-state index in [0.29, 0.717) is 12.5 Å². The monoisotopic (exact) mass is 271 g/mol. The van der Waals surface area contributed by atoms with Crippen LogP contribution in [0.25, 0.3) is 0 Å². The molecule has 1 atom stereocenters. The highest BCUT2D eigenvalue weighted by atomic mass is 35.5. The van der Waals surface area contributed by atoms with Gasteiger partial charge in [0.15, 0.2) is 0 Å². The Balaban J connectivity index is 0.00000256. The van der Waals surface area contributed by atoms with Crippen molar-refractivity contribution in [1.82, 2.24) is 0 Å². The summed E-state index contributed by atoms with van der Waals surface area (Å²) in [4.78, 5) is 0. The fourth-order valence-electron chi connectivity index (χ4n) is 1.47. The van der Waals surface area contributed by atoms with Crippen LogP contribution in [-0.4, -0.2) is 0 Å². The highest BCUT2D eigenvalue weighted by Gasteiger charge is 2.31. The van der Waals surface area contributed by atoms with Gasteiger partial charge in [0.25, 0.3) is 0 Å². The van der Waals surface area contributed by atoms with Gasteiger partial charge in [-0.2, -0.15) is 13.2 Å². The summed E-state index contributed by atoms with van der Waals surface area (Å²) in [5, 5.41) is 0. The van der Waals surface area contributed by atoms with Gasteiger partial charge in [-0.25, -0.2) is 4.39 Å². The Kier molecular flexibility index (Phi) is 5.92. The molecule has 1 aromatic rings. The van der Waals surface area contributed by atoms with Gasteiger partial charge in [0.1, 0.15) is 5.82 Å². The molecular formula is C11H14ClF4N. The summed E-state index contributed by atoms with van der Waals surface area (Å²) in [6.45, 7) is 1.88. The molecule has 1 rings (SSSR count). The van der Waals surface area contributed by atoms with E-state index in [1.807, 2.05) is 6.92 Å². The molecule has 0 radical (unpaired) electrons. The lowest BCUT2D eigenvalue weighted by Gasteiger charge is -2.13. The molecule has 0 aromatic heterocycles. The van der Waals surface area contributed by atoms with Crippen LogP contribution in [0.2, 0.25) is 0 Å². The largest absolute Gasteiger partial charge is 0.416 e. The van der Waals surface area contributed by atoms with Gasteiger partial charge in [0, 0.05) is 11.6 Å². The van der Waals surface area contributed by atoms with Crippen molar-refractivity contribution < 1.29 is 17.6 Å². The molecule has 0 fully saturated rings. The topological polar surface area (TPSA) is 26.0 Å². The molecule has 98 valence electrons. The molecule has 0 spiro atoms. The zero-order valence-corrected chi connectivity index (χ0v) is 10.0. The molecule has 0 saturated heterocycles. The van der Waals surface area contributed by atoms with Gasteiger partial charge in [-0.15, -0.1) is 12.4 Å². The summed E-state index contributed by atoms with van der Waals surface area (Å²) >= 11 is 0. The minimum atomic E-state index is -4.52. The summed E-state index contributed by atoms with van der Waals surface area (Å²) in [5.74, 6) is -0.893. The summed E-state index contributed by atoms with van der Waals surface area (Å²) in [5.41, 5.74) is 4.79. The van der Waals surface area contributed by atoms with Crippen LogP contribution in [0.3, 0.4) is 0 Å². The van der Waals surface area contributed by atoms with Gasteiger partial charge in [-0.3, -0.25) is 0 Å². The minimum Gasteiger partial charge on any atom is -0.324 e. The normalized spacial score (nSPS) is 13.1. The number of benzene rings is 1. The molecule has 0 amide bonds. The van der Waals surface area contributed by atoms with E-state index in [2.05, 4.69) is 0 Å². The number of hydrogen-bond donors (Lipinski definition) is 1. The summed E-state index contributed by atoms with van der Waals surface area (Å²) < 4.78 is 50.1. The zero-order chi connectivity index (χ0) is 12.3. The lowest BCUT2D eigenvalue weighted by atomic mass is 10.0. The molecule has 0 saturated carbocycles. The molecular weight excluding hydrogens is 258 g/mol. The predicted molar refractivity (Wildman–Crippen MR) is 60.5 cm³/mol. The molecule has 0 unspecified atom stereocenters. The Morgan fingerprint density at radius 2 is 1.88 bits per heavy atom. The third-order valence-electron chi connectivity index (χ3n) is 2.33. The van der Waals surface area contributed by atoms with Gasteiger partial charge < -0.3 is 5.73 Å². The van der Waals surface area contributed by atoms with Crippen molar-refractivity contribution in [3.05, 3.63) is 35.1 Å². The van der Waals surface area contributed by atoms with E-state index in [1.54, 1.807) is 0 Å². The highest BCUT2D eigenvalue weighted by Crippen LogP contribution is 2.31. The SMILES string of the molecule is CCC[C@@H](N)c1ccc(C(F)(F)F)cc1F.Cl. The number of halogens is 5. The number of rotatable bonds is 3. The van der Waals surface area contributed by atoms with Crippen molar-refractivity contribution in [2.45, 2.75) is 32.0 Å². The Bertz CT molecular complexity index is 365. The van der Waals surface area contributed by atoms with Gasteiger partial charge >= 0.3 is 6.18 Å². The first kappa shape index (κ1) is 16.2. The number of hydrogen-bond acceptors (Lipinski definition) is 1. The second-order valence-corrected chi connectivity index (χ2v) is 3.63. The van der Waals surface area contributed by atoms with E-state index >= 15 is 0 Å². The van der Waals surface area contributed by atoms with E-state index in [0.717, 1.165) is 18.6 Å². The van der Waals surface area contributed by atoms with Crippen molar-refractivity contribution in [3.8, 4) is 0 Å². The third-order valence-corrected chi connectivity index (χ3v) is 2.33. The maximum atomic E-state index is 13.4. The van der Waals surface area contributed by atoms with Crippen LogP contribution in [0.5, 0.6) is 0 Å². The number of alkyl halides is 3. The lowest BCUT2D eigenvalue weighted by molar-refractivity contribution is -0.137. The summed E-state index contributed by atoms with van der Waals surface area (Å²) in [6.07, 6.45) is -3.22. The first-order chi connectivity index (χ1) is 7.36. The van der Waals surface area contributed by atoms with Gasteiger partial charge in [0.2, 0.25) is 0 Å². The first-order valence-electron chi connectivity index (χ1n) is 4.98. The molecule has 0 bridgehead atoms. The summed E-state index contributed by atoms with van der Waals surface area (Å²) in [6, 6.07) is 1.91. The van der Waals surface area contributed by atoms with Crippen molar-refractivity contribution in [3.63, 3.8) is 0 Å². The predicted octanol–water partition coefficient (Wildman–Crippen LogP) is 4.07. The second-order valence-electron chi connectivity index (χ2n) is 3.63. The van der Waals surface area contributed by atoms with Crippen LogP contribution in [0.15, 0.2) is 18.2 Å². The lowest BCUT2D eigenvalue weighted by Crippen LogP contribution is -2.13. The Hall–Kier alpha value is -0.810. The Morgan fingerprint density at radius 3 is 2.29 bits per heavy atom. The third kappa shape index (κ3) is 4.16. The fourth-order valence-corrected chi connectivity index (χ4v) is 1.47. The van der Waals surface area contributed by atoms with Crippen LogP contribution in [0, 0.1) is 5.82 Å². The Labute approximate surface area is 103 Å². The quantitative estimate of drug-likeness (QED) is 0.824. The molecule has 2 N–H and O–H groups in total. The maximum Gasteiger partial charge on any atom is 0.416 e. The van der Waals surface area contributed by atoms with E-state index in [1.165, 1.54) is 0 Å². The van der Waals surface area contributed by atoms with E-state index in [-0.39, 0.29) is 18.0 Å². The highest BCUT2D eigenvalue weighted by molar-refractivity contribution is 5.85. The molecule has 1 aromatic carbocycles. The number of nitrogens with two attached hydrogens (primary N) is 1.